The van der Waals surface area contributed by atoms with Crippen LogP contribution >= 0.6 is 0 Å². The number of nitrogens with two attached hydrogens (primary N) is 2. The third-order valence-electron chi connectivity index (χ3n) is 4.70. The Morgan fingerprint density at radius 2 is 1.42 bits per heavy atom. The summed E-state index contributed by atoms with van der Waals surface area (Å²) >= 11 is 0. The van der Waals surface area contributed by atoms with Crippen LogP contribution < -0.4 is 27.4 Å². The van der Waals surface area contributed by atoms with Crippen LogP contribution in [0.1, 0.15) is 52.9 Å². The Morgan fingerprint density at radius 3 is 1.88 bits per heavy atom. The molecule has 10 N–H and O–H groups in total. The maximum absolute atomic E-state index is 12.8. The van der Waals surface area contributed by atoms with Crippen molar-refractivity contribution in [1.82, 2.24) is 16.0 Å². The Balaban J connectivity index is 5.36. The summed E-state index contributed by atoms with van der Waals surface area (Å²) in [4.78, 5) is 59.8. The van der Waals surface area contributed by atoms with Crippen LogP contribution in [-0.4, -0.2) is 81.8 Å². The molecule has 5 unspecified atom stereocenters. The van der Waals surface area contributed by atoms with E-state index in [1.807, 2.05) is 0 Å². The first kappa shape index (κ1) is 30.2. The highest BCUT2D eigenvalue weighted by Crippen LogP contribution is 2.08. The van der Waals surface area contributed by atoms with Gasteiger partial charge in [-0.2, -0.15) is 0 Å². The van der Waals surface area contributed by atoms with Crippen LogP contribution in [0.25, 0.3) is 0 Å². The molecular weight excluding hydrogens is 438 g/mol. The number of nitrogens with one attached hydrogen (secondary N) is 3. The third-order valence-corrected chi connectivity index (χ3v) is 4.70. The van der Waals surface area contributed by atoms with E-state index in [0.29, 0.717) is 25.8 Å². The van der Waals surface area contributed by atoms with E-state index >= 15 is 0 Å². The zero-order valence-corrected chi connectivity index (χ0v) is 19.2. The molecule has 0 aliphatic carbocycles. The summed E-state index contributed by atoms with van der Waals surface area (Å²) in [5.74, 6) is -5.52. The summed E-state index contributed by atoms with van der Waals surface area (Å²) in [7, 11) is 0. The van der Waals surface area contributed by atoms with E-state index in [9.17, 15) is 29.1 Å². The maximum atomic E-state index is 12.8. The van der Waals surface area contributed by atoms with Crippen molar-refractivity contribution in [3.8, 4) is 0 Å². The van der Waals surface area contributed by atoms with Gasteiger partial charge in [0.1, 0.15) is 18.1 Å². The molecular formula is C20H37N5O8. The number of hydrogen-bond donors (Lipinski definition) is 8. The van der Waals surface area contributed by atoms with Gasteiger partial charge in [-0.3, -0.25) is 19.2 Å². The largest absolute Gasteiger partial charge is 0.481 e. The molecule has 5 atom stereocenters. The van der Waals surface area contributed by atoms with Crippen molar-refractivity contribution in [2.75, 3.05) is 6.54 Å². The van der Waals surface area contributed by atoms with E-state index in [-0.39, 0.29) is 12.3 Å². The minimum Gasteiger partial charge on any atom is -0.481 e. The minimum atomic E-state index is -1.69. The Labute approximate surface area is 192 Å². The van der Waals surface area contributed by atoms with Gasteiger partial charge >= 0.3 is 11.9 Å². The molecule has 13 nitrogen and oxygen atoms in total. The highest BCUT2D eigenvalue weighted by molar-refractivity contribution is 5.94. The second-order valence-electron chi connectivity index (χ2n) is 8.31. The molecule has 0 aliphatic rings. The van der Waals surface area contributed by atoms with Crippen LogP contribution in [0.5, 0.6) is 0 Å². The van der Waals surface area contributed by atoms with Crippen molar-refractivity contribution in [2.24, 2.45) is 17.4 Å². The van der Waals surface area contributed by atoms with E-state index in [1.165, 1.54) is 6.92 Å². The standard InChI is InChI=1S/C20H37N5O8/c1-10(2)8-13(18(30)24-14(20(32)33)9-15(27)28)23-19(31)16(11(3)26)25-17(29)12(22)6-4-5-7-21/h10-14,16,26H,4-9,21-22H2,1-3H3,(H,23,31)(H,24,30)(H,25,29)(H,27,28)(H,32,33). The number of unbranched alkanes of at least 4 members (excludes halogenated alkanes) is 1. The number of rotatable bonds is 16. The van der Waals surface area contributed by atoms with Gasteiger partial charge < -0.3 is 42.7 Å². The SMILES string of the molecule is CC(C)CC(NC(=O)C(NC(=O)C(N)CCCCN)C(C)O)C(=O)NC(CC(=O)O)C(=O)O. The number of amides is 3. The molecule has 0 aromatic rings. The van der Waals surface area contributed by atoms with Crippen LogP contribution in [0.4, 0.5) is 0 Å². The van der Waals surface area contributed by atoms with Crippen LogP contribution in [0.15, 0.2) is 0 Å². The van der Waals surface area contributed by atoms with E-state index in [1.54, 1.807) is 13.8 Å². The number of aliphatic hydroxyl groups is 1. The lowest BCUT2D eigenvalue weighted by Gasteiger charge is -2.27. The van der Waals surface area contributed by atoms with Crippen LogP contribution in [0.3, 0.4) is 0 Å². The van der Waals surface area contributed by atoms with E-state index < -0.39 is 66.4 Å². The first-order chi connectivity index (χ1) is 15.3. The molecule has 190 valence electrons. The summed E-state index contributed by atoms with van der Waals surface area (Å²) < 4.78 is 0. The predicted molar refractivity (Wildman–Crippen MR) is 118 cm³/mol. The van der Waals surface area contributed by atoms with Crippen molar-refractivity contribution in [3.63, 3.8) is 0 Å². The second kappa shape index (κ2) is 15.1. The summed E-state index contributed by atoms with van der Waals surface area (Å²) in [5, 5.41) is 34.8. The first-order valence-electron chi connectivity index (χ1n) is 10.8. The van der Waals surface area contributed by atoms with Crippen molar-refractivity contribution in [1.29, 1.82) is 0 Å². The monoisotopic (exact) mass is 475 g/mol. The summed E-state index contributed by atoms with van der Waals surface area (Å²) in [6.45, 7) is 5.23. The lowest BCUT2D eigenvalue weighted by atomic mass is 10.0. The lowest BCUT2D eigenvalue weighted by molar-refractivity contribution is -0.147. The molecule has 0 rings (SSSR count). The maximum Gasteiger partial charge on any atom is 0.326 e. The smallest absolute Gasteiger partial charge is 0.326 e. The highest BCUT2D eigenvalue weighted by atomic mass is 16.4. The molecule has 0 aliphatic heterocycles. The number of aliphatic carboxylic acids is 2. The molecule has 0 fully saturated rings. The van der Waals surface area contributed by atoms with Crippen molar-refractivity contribution in [2.45, 2.75) is 83.1 Å². The second-order valence-corrected chi connectivity index (χ2v) is 8.31. The topological polar surface area (TPSA) is 234 Å². The van der Waals surface area contributed by atoms with Crippen molar-refractivity contribution < 1.29 is 39.3 Å². The van der Waals surface area contributed by atoms with Crippen molar-refractivity contribution >= 4 is 29.7 Å². The zero-order valence-electron chi connectivity index (χ0n) is 19.2. The summed E-state index contributed by atoms with van der Waals surface area (Å²) in [5.41, 5.74) is 11.2. The predicted octanol–water partition coefficient (Wildman–Crippen LogP) is -2.12. The number of carbonyl (C=O) groups is 5. The quantitative estimate of drug-likeness (QED) is 0.113. The molecule has 0 bridgehead atoms. The average molecular weight is 476 g/mol. The molecule has 33 heavy (non-hydrogen) atoms. The summed E-state index contributed by atoms with van der Waals surface area (Å²) in [6, 6.07) is -5.27. The van der Waals surface area contributed by atoms with Gasteiger partial charge in [0, 0.05) is 0 Å². The first-order valence-corrected chi connectivity index (χ1v) is 10.8. The molecule has 0 saturated carbocycles. The molecule has 0 aromatic heterocycles. The normalized spacial score (nSPS) is 15.6. The zero-order chi connectivity index (χ0) is 25.7. The van der Waals surface area contributed by atoms with Gasteiger partial charge in [-0.1, -0.05) is 20.3 Å². The Morgan fingerprint density at radius 1 is 0.848 bits per heavy atom. The van der Waals surface area contributed by atoms with Gasteiger partial charge in [0.15, 0.2) is 0 Å². The Hall–Kier alpha value is -2.77. The number of carbonyl (C=O) groups excluding carboxylic acids is 3. The molecule has 0 heterocycles. The Bertz CT molecular complexity index is 685. The van der Waals surface area contributed by atoms with Gasteiger partial charge in [0.2, 0.25) is 17.7 Å². The van der Waals surface area contributed by atoms with Gasteiger partial charge in [0.05, 0.1) is 18.6 Å². The molecule has 0 saturated heterocycles. The fraction of sp³-hybridized carbons (Fsp3) is 0.750. The molecule has 13 heteroatoms. The van der Waals surface area contributed by atoms with Crippen LogP contribution in [-0.2, 0) is 24.0 Å². The number of aliphatic hydroxyl groups excluding tert-OH is 1. The number of carboxylic acid groups (broad SMARTS) is 2. The van der Waals surface area contributed by atoms with Gasteiger partial charge in [-0.15, -0.1) is 0 Å². The number of hydrogen-bond acceptors (Lipinski definition) is 8. The minimum absolute atomic E-state index is 0.0933. The molecule has 3 amide bonds. The van der Waals surface area contributed by atoms with Gasteiger partial charge in [-0.05, 0) is 38.6 Å². The molecule has 0 radical (unpaired) electrons. The van der Waals surface area contributed by atoms with Crippen LogP contribution in [0.2, 0.25) is 0 Å². The molecule has 0 aromatic carbocycles. The van der Waals surface area contributed by atoms with Crippen molar-refractivity contribution in [3.05, 3.63) is 0 Å². The highest BCUT2D eigenvalue weighted by Gasteiger charge is 2.33. The fourth-order valence-corrected chi connectivity index (χ4v) is 2.92. The van der Waals surface area contributed by atoms with Gasteiger partial charge in [-0.25, -0.2) is 4.79 Å². The lowest BCUT2D eigenvalue weighted by Crippen LogP contribution is -2.60. The average Bonchev–Trinajstić information content (AvgIpc) is 2.69. The van der Waals surface area contributed by atoms with E-state index in [0.717, 1.165) is 0 Å². The van der Waals surface area contributed by atoms with Crippen LogP contribution in [0, 0.1) is 5.92 Å². The van der Waals surface area contributed by atoms with Gasteiger partial charge in [0.25, 0.3) is 0 Å². The van der Waals surface area contributed by atoms with E-state index in [2.05, 4.69) is 16.0 Å². The summed E-state index contributed by atoms with van der Waals surface area (Å²) in [6.07, 6.45) is -0.475. The fourth-order valence-electron chi connectivity index (χ4n) is 2.92. The van der Waals surface area contributed by atoms with E-state index in [4.69, 9.17) is 21.7 Å². The number of carboxylic acids is 2. The Kier molecular flexibility index (Phi) is 13.9. The third kappa shape index (κ3) is 12.2. The molecule has 0 spiro atoms.